The fourth-order valence-corrected chi connectivity index (χ4v) is 3.73. The van der Waals surface area contributed by atoms with Gasteiger partial charge in [0.2, 0.25) is 0 Å². The summed E-state index contributed by atoms with van der Waals surface area (Å²) < 4.78 is 3.97. The summed E-state index contributed by atoms with van der Waals surface area (Å²) in [6.07, 6.45) is 4.52. The van der Waals surface area contributed by atoms with Crippen LogP contribution in [0.3, 0.4) is 0 Å². The molecule has 0 bridgehead atoms. The molecule has 0 aliphatic rings. The van der Waals surface area contributed by atoms with Crippen LogP contribution in [-0.4, -0.2) is 40.0 Å². The predicted octanol–water partition coefficient (Wildman–Crippen LogP) is 3.08. The van der Waals surface area contributed by atoms with E-state index >= 15 is 0 Å². The molecule has 0 unspecified atom stereocenters. The Morgan fingerprint density at radius 1 is 0.964 bits per heavy atom. The van der Waals surface area contributed by atoms with Crippen molar-refractivity contribution < 1.29 is 0 Å². The summed E-state index contributed by atoms with van der Waals surface area (Å²) in [7, 11) is 0. The Bertz CT molecular complexity index is 1010. The average molecular weight is 392 g/mol. The molecule has 28 heavy (non-hydrogen) atoms. The third kappa shape index (κ3) is 4.09. The molecule has 0 radical (unpaired) electrons. The van der Waals surface area contributed by atoms with Crippen LogP contribution in [0.5, 0.6) is 0 Å². The van der Waals surface area contributed by atoms with Gasteiger partial charge in [-0.15, -0.1) is 15.3 Å². The molecule has 4 rings (SSSR count). The lowest BCUT2D eigenvalue weighted by Gasteiger charge is -2.10. The Kier molecular flexibility index (Phi) is 5.72. The summed E-state index contributed by atoms with van der Waals surface area (Å²) in [5, 5.41) is 21.7. The molecule has 0 fully saturated rings. The van der Waals surface area contributed by atoms with Crippen LogP contribution in [0.15, 0.2) is 60.0 Å². The van der Waals surface area contributed by atoms with Crippen LogP contribution in [0.2, 0.25) is 0 Å². The third-order valence-corrected chi connectivity index (χ3v) is 5.17. The molecule has 0 aliphatic carbocycles. The van der Waals surface area contributed by atoms with Crippen LogP contribution in [0, 0.1) is 0 Å². The van der Waals surface area contributed by atoms with Crippen molar-refractivity contribution in [3.05, 3.63) is 66.2 Å². The molecule has 0 aliphatic heterocycles. The SMILES string of the molecule is CCCn1nnnc1CSc1nnc(-c2ccncc2)n1Cc1ccccc1. The number of thioether (sulfide) groups is 1. The summed E-state index contributed by atoms with van der Waals surface area (Å²) in [6.45, 7) is 3.60. The van der Waals surface area contributed by atoms with Crippen molar-refractivity contribution in [3.63, 3.8) is 0 Å². The van der Waals surface area contributed by atoms with Crippen molar-refractivity contribution in [3.8, 4) is 11.4 Å². The quantitative estimate of drug-likeness (QED) is 0.426. The van der Waals surface area contributed by atoms with E-state index in [1.54, 1.807) is 24.2 Å². The Hall–Kier alpha value is -3.07. The lowest BCUT2D eigenvalue weighted by molar-refractivity contribution is 0.564. The molecule has 8 nitrogen and oxygen atoms in total. The number of aromatic nitrogens is 8. The van der Waals surface area contributed by atoms with Crippen molar-refractivity contribution >= 4 is 11.8 Å². The zero-order chi connectivity index (χ0) is 19.2. The lowest BCUT2D eigenvalue weighted by Crippen LogP contribution is -2.06. The first-order valence-corrected chi connectivity index (χ1v) is 10.1. The Labute approximate surface area is 167 Å². The molecule has 4 aromatic rings. The van der Waals surface area contributed by atoms with Gasteiger partial charge in [-0.25, -0.2) is 4.68 Å². The summed E-state index contributed by atoms with van der Waals surface area (Å²) in [5.74, 6) is 2.30. The first-order valence-electron chi connectivity index (χ1n) is 9.10. The molecule has 142 valence electrons. The van der Waals surface area contributed by atoms with Gasteiger partial charge in [-0.05, 0) is 34.5 Å². The van der Waals surface area contributed by atoms with E-state index in [9.17, 15) is 0 Å². The third-order valence-electron chi connectivity index (χ3n) is 4.21. The minimum absolute atomic E-state index is 0.635. The second-order valence-electron chi connectivity index (χ2n) is 6.22. The van der Waals surface area contributed by atoms with Crippen molar-refractivity contribution in [2.75, 3.05) is 0 Å². The van der Waals surface area contributed by atoms with E-state index in [1.807, 2.05) is 35.0 Å². The minimum atomic E-state index is 0.635. The molecule has 0 atom stereocenters. The van der Waals surface area contributed by atoms with Gasteiger partial charge in [0.25, 0.3) is 0 Å². The average Bonchev–Trinajstić information content (AvgIpc) is 3.35. The van der Waals surface area contributed by atoms with Crippen molar-refractivity contribution in [2.45, 2.75) is 37.3 Å². The first kappa shape index (κ1) is 18.3. The molecule has 3 heterocycles. The molecule has 0 saturated heterocycles. The van der Waals surface area contributed by atoms with E-state index in [0.717, 1.165) is 35.3 Å². The second-order valence-corrected chi connectivity index (χ2v) is 7.16. The van der Waals surface area contributed by atoms with Crippen LogP contribution < -0.4 is 0 Å². The molecule has 0 saturated carbocycles. The molecule has 0 amide bonds. The summed E-state index contributed by atoms with van der Waals surface area (Å²) >= 11 is 1.59. The van der Waals surface area contributed by atoms with Crippen molar-refractivity contribution in [1.82, 2.24) is 40.0 Å². The van der Waals surface area contributed by atoms with Crippen molar-refractivity contribution in [1.29, 1.82) is 0 Å². The van der Waals surface area contributed by atoms with Crippen LogP contribution in [0.4, 0.5) is 0 Å². The maximum atomic E-state index is 4.45. The van der Waals surface area contributed by atoms with E-state index in [0.29, 0.717) is 12.3 Å². The van der Waals surface area contributed by atoms with E-state index in [-0.39, 0.29) is 0 Å². The maximum Gasteiger partial charge on any atom is 0.192 e. The topological polar surface area (TPSA) is 87.2 Å². The second kappa shape index (κ2) is 8.75. The highest BCUT2D eigenvalue weighted by Gasteiger charge is 2.16. The van der Waals surface area contributed by atoms with E-state index in [1.165, 1.54) is 5.56 Å². The lowest BCUT2D eigenvalue weighted by atomic mass is 10.2. The zero-order valence-electron chi connectivity index (χ0n) is 15.5. The Morgan fingerprint density at radius 2 is 1.79 bits per heavy atom. The minimum Gasteiger partial charge on any atom is -0.298 e. The predicted molar refractivity (Wildman–Crippen MR) is 106 cm³/mol. The van der Waals surface area contributed by atoms with Gasteiger partial charge >= 0.3 is 0 Å². The van der Waals surface area contributed by atoms with E-state index in [2.05, 4.69) is 54.3 Å². The largest absolute Gasteiger partial charge is 0.298 e. The van der Waals surface area contributed by atoms with Crippen LogP contribution >= 0.6 is 11.8 Å². The number of tetrazole rings is 1. The molecule has 9 heteroatoms. The van der Waals surface area contributed by atoms with Gasteiger partial charge in [0.15, 0.2) is 16.8 Å². The number of rotatable bonds is 8. The van der Waals surface area contributed by atoms with Gasteiger partial charge in [0.05, 0.1) is 12.3 Å². The number of nitrogens with zero attached hydrogens (tertiary/aromatic N) is 8. The molecule has 3 aromatic heterocycles. The van der Waals surface area contributed by atoms with Gasteiger partial charge in [0.1, 0.15) is 0 Å². The highest BCUT2D eigenvalue weighted by Crippen LogP contribution is 2.26. The monoisotopic (exact) mass is 392 g/mol. The summed E-state index contributed by atoms with van der Waals surface area (Å²) in [6, 6.07) is 14.2. The Morgan fingerprint density at radius 3 is 2.57 bits per heavy atom. The normalized spacial score (nSPS) is 11.0. The van der Waals surface area contributed by atoms with Gasteiger partial charge in [-0.2, -0.15) is 0 Å². The summed E-state index contributed by atoms with van der Waals surface area (Å²) in [4.78, 5) is 4.10. The highest BCUT2D eigenvalue weighted by atomic mass is 32.2. The standard InChI is InChI=1S/C19H20N8S/c1-2-12-27-17(21-24-25-27)14-28-19-23-22-18(16-8-10-20-11-9-16)26(19)13-15-6-4-3-5-7-15/h3-11H,2,12-14H2,1H3. The van der Waals surface area contributed by atoms with Gasteiger partial charge in [-0.1, -0.05) is 49.0 Å². The van der Waals surface area contributed by atoms with E-state index < -0.39 is 0 Å². The molecular weight excluding hydrogens is 372 g/mol. The molecule has 0 N–H and O–H groups in total. The fraction of sp³-hybridized carbons (Fsp3) is 0.263. The molecular formula is C19H20N8S. The zero-order valence-corrected chi connectivity index (χ0v) is 16.3. The van der Waals surface area contributed by atoms with Crippen LogP contribution in [0.25, 0.3) is 11.4 Å². The maximum absolute atomic E-state index is 4.45. The van der Waals surface area contributed by atoms with Crippen LogP contribution in [0.1, 0.15) is 24.7 Å². The summed E-state index contributed by atoms with van der Waals surface area (Å²) in [5.41, 5.74) is 2.18. The Balaban J connectivity index is 1.63. The van der Waals surface area contributed by atoms with Crippen molar-refractivity contribution in [2.24, 2.45) is 0 Å². The number of pyridine rings is 1. The first-order chi connectivity index (χ1) is 13.8. The van der Waals surface area contributed by atoms with E-state index in [4.69, 9.17) is 0 Å². The number of hydrogen-bond acceptors (Lipinski definition) is 7. The van der Waals surface area contributed by atoms with Gasteiger partial charge in [0, 0.05) is 24.5 Å². The van der Waals surface area contributed by atoms with Gasteiger partial charge in [-0.3, -0.25) is 9.55 Å². The van der Waals surface area contributed by atoms with Gasteiger partial charge < -0.3 is 0 Å². The number of benzene rings is 1. The smallest absolute Gasteiger partial charge is 0.192 e. The highest BCUT2D eigenvalue weighted by molar-refractivity contribution is 7.98. The fourth-order valence-electron chi connectivity index (χ4n) is 2.86. The number of hydrogen-bond donors (Lipinski definition) is 0. The molecule has 0 spiro atoms. The number of aryl methyl sites for hydroxylation is 1. The molecule has 1 aromatic carbocycles. The van der Waals surface area contributed by atoms with Crippen LogP contribution in [-0.2, 0) is 18.8 Å².